The molecule has 0 aliphatic carbocycles. The third-order valence-corrected chi connectivity index (χ3v) is 6.28. The van der Waals surface area contributed by atoms with Crippen molar-refractivity contribution < 1.29 is 23.1 Å². The van der Waals surface area contributed by atoms with E-state index in [2.05, 4.69) is 10.6 Å². The molecule has 1 unspecified atom stereocenters. The zero-order valence-electron chi connectivity index (χ0n) is 14.7. The minimum Gasteiger partial charge on any atom is -0.395 e. The van der Waals surface area contributed by atoms with Gasteiger partial charge in [0.15, 0.2) is 0 Å². The van der Waals surface area contributed by atoms with Gasteiger partial charge in [0, 0.05) is 25.6 Å². The third-order valence-electron chi connectivity index (χ3n) is 4.37. The molecule has 1 aromatic rings. The van der Waals surface area contributed by atoms with Gasteiger partial charge in [0.2, 0.25) is 21.8 Å². The Morgan fingerprint density at radius 2 is 1.85 bits per heavy atom. The molecule has 26 heavy (non-hydrogen) atoms. The summed E-state index contributed by atoms with van der Waals surface area (Å²) in [6.07, 6.45) is 0.811. The van der Waals surface area contributed by atoms with Crippen molar-refractivity contribution >= 4 is 21.8 Å². The fourth-order valence-corrected chi connectivity index (χ4v) is 4.32. The summed E-state index contributed by atoms with van der Waals surface area (Å²) in [7, 11) is -3.54. The summed E-state index contributed by atoms with van der Waals surface area (Å²) in [4.78, 5) is 24.3. The second-order valence-electron chi connectivity index (χ2n) is 6.24. The lowest BCUT2D eigenvalue weighted by molar-refractivity contribution is -0.131. The van der Waals surface area contributed by atoms with Gasteiger partial charge in [-0.1, -0.05) is 18.2 Å². The largest absolute Gasteiger partial charge is 0.395 e. The number of hydrogen-bond acceptors (Lipinski definition) is 5. The summed E-state index contributed by atoms with van der Waals surface area (Å²) in [6.45, 7) is 2.07. The van der Waals surface area contributed by atoms with Crippen molar-refractivity contribution in [1.82, 2.24) is 14.9 Å². The van der Waals surface area contributed by atoms with Crippen LogP contribution < -0.4 is 10.6 Å². The number of carbonyl (C=O) groups is 2. The van der Waals surface area contributed by atoms with Crippen molar-refractivity contribution in [2.45, 2.75) is 30.7 Å². The zero-order chi connectivity index (χ0) is 19.2. The monoisotopic (exact) mass is 383 g/mol. The summed E-state index contributed by atoms with van der Waals surface area (Å²) in [5.74, 6) is -0.949. The van der Waals surface area contributed by atoms with Crippen LogP contribution in [0, 0.1) is 5.92 Å². The SMILES string of the molecule is CC(NC(=O)C1CCN(S(=O)(=O)c2ccccc2)CC1)C(=O)NCCO. The number of carbonyl (C=O) groups excluding carboxylic acids is 2. The molecule has 2 rings (SSSR count). The summed E-state index contributed by atoms with van der Waals surface area (Å²) >= 11 is 0. The molecule has 1 aromatic carbocycles. The van der Waals surface area contributed by atoms with Crippen molar-refractivity contribution in [3.8, 4) is 0 Å². The molecule has 0 saturated carbocycles. The summed E-state index contributed by atoms with van der Waals surface area (Å²) in [6, 6.07) is 7.52. The van der Waals surface area contributed by atoms with E-state index in [1.807, 2.05) is 0 Å². The first kappa shape index (κ1) is 20.3. The minimum absolute atomic E-state index is 0.134. The Morgan fingerprint density at radius 3 is 2.42 bits per heavy atom. The van der Waals surface area contributed by atoms with Gasteiger partial charge in [-0.15, -0.1) is 0 Å². The van der Waals surface area contributed by atoms with E-state index < -0.39 is 16.1 Å². The molecule has 1 saturated heterocycles. The maximum Gasteiger partial charge on any atom is 0.243 e. The second-order valence-corrected chi connectivity index (χ2v) is 8.17. The van der Waals surface area contributed by atoms with Gasteiger partial charge in [0.05, 0.1) is 11.5 Å². The van der Waals surface area contributed by atoms with Crippen molar-refractivity contribution in [1.29, 1.82) is 0 Å². The summed E-state index contributed by atoms with van der Waals surface area (Å²) < 4.78 is 26.6. The van der Waals surface area contributed by atoms with Crippen LogP contribution in [0.5, 0.6) is 0 Å². The molecule has 1 heterocycles. The molecule has 3 N–H and O–H groups in total. The van der Waals surface area contributed by atoms with Crippen LogP contribution >= 0.6 is 0 Å². The molecule has 1 atom stereocenters. The quantitative estimate of drug-likeness (QED) is 0.598. The van der Waals surface area contributed by atoms with Crippen LogP contribution in [0.2, 0.25) is 0 Å². The maximum atomic E-state index is 12.6. The van der Waals surface area contributed by atoms with Crippen molar-refractivity contribution in [3.05, 3.63) is 30.3 Å². The van der Waals surface area contributed by atoms with Gasteiger partial charge in [-0.2, -0.15) is 4.31 Å². The molecule has 0 radical (unpaired) electrons. The summed E-state index contributed by atoms with van der Waals surface area (Å²) in [5, 5.41) is 13.8. The number of piperidine rings is 1. The topological polar surface area (TPSA) is 116 Å². The van der Waals surface area contributed by atoms with Crippen LogP contribution in [-0.2, 0) is 19.6 Å². The molecule has 1 aliphatic rings. The number of rotatable bonds is 7. The minimum atomic E-state index is -3.54. The van der Waals surface area contributed by atoms with Gasteiger partial charge in [-0.25, -0.2) is 8.42 Å². The molecule has 8 nitrogen and oxygen atoms in total. The second kappa shape index (κ2) is 9.11. The van der Waals surface area contributed by atoms with E-state index in [0.29, 0.717) is 12.8 Å². The number of aliphatic hydroxyl groups is 1. The highest BCUT2D eigenvalue weighted by Gasteiger charge is 2.32. The van der Waals surface area contributed by atoms with Gasteiger partial charge in [0.25, 0.3) is 0 Å². The number of benzene rings is 1. The van der Waals surface area contributed by atoms with Gasteiger partial charge < -0.3 is 15.7 Å². The van der Waals surface area contributed by atoms with Crippen molar-refractivity contribution in [2.24, 2.45) is 5.92 Å². The molecule has 144 valence electrons. The Hall–Kier alpha value is -1.97. The normalized spacial score (nSPS) is 17.5. The first-order valence-corrected chi connectivity index (χ1v) is 10.0. The van der Waals surface area contributed by atoms with E-state index >= 15 is 0 Å². The number of sulfonamides is 1. The smallest absolute Gasteiger partial charge is 0.243 e. The maximum absolute atomic E-state index is 12.6. The fraction of sp³-hybridized carbons (Fsp3) is 0.529. The molecular weight excluding hydrogens is 358 g/mol. The third kappa shape index (κ3) is 5.03. The molecule has 1 fully saturated rings. The zero-order valence-corrected chi connectivity index (χ0v) is 15.5. The molecule has 9 heteroatoms. The molecule has 0 aromatic heterocycles. The van der Waals surface area contributed by atoms with Crippen molar-refractivity contribution in [2.75, 3.05) is 26.2 Å². The Morgan fingerprint density at radius 1 is 1.23 bits per heavy atom. The summed E-state index contributed by atoms with van der Waals surface area (Å²) in [5.41, 5.74) is 0. The van der Waals surface area contributed by atoms with Crippen LogP contribution in [0.4, 0.5) is 0 Å². The predicted molar refractivity (Wildman–Crippen MR) is 95.6 cm³/mol. The fourth-order valence-electron chi connectivity index (χ4n) is 2.83. The highest BCUT2D eigenvalue weighted by atomic mass is 32.2. The van der Waals surface area contributed by atoms with Crippen molar-refractivity contribution in [3.63, 3.8) is 0 Å². The molecule has 1 aliphatic heterocycles. The number of amides is 2. The Labute approximate surface area is 153 Å². The highest BCUT2D eigenvalue weighted by molar-refractivity contribution is 7.89. The first-order chi connectivity index (χ1) is 12.4. The lowest BCUT2D eigenvalue weighted by Gasteiger charge is -2.31. The van der Waals surface area contributed by atoms with E-state index in [4.69, 9.17) is 5.11 Å². The Bertz CT molecular complexity index is 715. The van der Waals surface area contributed by atoms with Gasteiger partial charge in [0.1, 0.15) is 6.04 Å². The number of nitrogens with one attached hydrogen (secondary N) is 2. The number of hydrogen-bond donors (Lipinski definition) is 3. The van der Waals surface area contributed by atoms with E-state index in [-0.39, 0.29) is 48.9 Å². The van der Waals surface area contributed by atoms with Gasteiger partial charge in [-0.05, 0) is 31.9 Å². The van der Waals surface area contributed by atoms with Crippen LogP contribution in [0.3, 0.4) is 0 Å². The lowest BCUT2D eigenvalue weighted by atomic mass is 9.97. The standard InChI is InChI=1S/C17H25N3O5S/c1-13(16(22)18-9-12-21)19-17(23)14-7-10-20(11-8-14)26(24,25)15-5-3-2-4-6-15/h2-6,13-14,21H,7-12H2,1H3,(H,18,22)(H,19,23). The van der Waals surface area contributed by atoms with Crippen LogP contribution in [-0.4, -0.2) is 61.9 Å². The lowest BCUT2D eigenvalue weighted by Crippen LogP contribution is -2.49. The Balaban J connectivity index is 1.88. The van der Waals surface area contributed by atoms with Gasteiger partial charge in [-0.3, -0.25) is 9.59 Å². The van der Waals surface area contributed by atoms with Crippen LogP contribution in [0.15, 0.2) is 35.2 Å². The number of nitrogens with zero attached hydrogens (tertiary/aromatic N) is 1. The molecule has 0 spiro atoms. The number of aliphatic hydroxyl groups excluding tert-OH is 1. The highest BCUT2D eigenvalue weighted by Crippen LogP contribution is 2.23. The van der Waals surface area contributed by atoms with Gasteiger partial charge >= 0.3 is 0 Å². The average molecular weight is 383 g/mol. The molecular formula is C17H25N3O5S. The van der Waals surface area contributed by atoms with E-state index in [1.54, 1.807) is 37.3 Å². The first-order valence-electron chi connectivity index (χ1n) is 8.60. The Kier molecular flexibility index (Phi) is 7.13. The van der Waals surface area contributed by atoms with Crippen LogP contribution in [0.1, 0.15) is 19.8 Å². The van der Waals surface area contributed by atoms with Crippen LogP contribution in [0.25, 0.3) is 0 Å². The average Bonchev–Trinajstić information content (AvgIpc) is 2.66. The van der Waals surface area contributed by atoms with E-state index in [9.17, 15) is 18.0 Å². The molecule has 2 amide bonds. The molecule has 0 bridgehead atoms. The predicted octanol–water partition coefficient (Wildman–Crippen LogP) is -0.299. The van der Waals surface area contributed by atoms with E-state index in [0.717, 1.165) is 0 Å². The van der Waals surface area contributed by atoms with E-state index in [1.165, 1.54) is 4.31 Å².